The Labute approximate surface area is 148 Å². The summed E-state index contributed by atoms with van der Waals surface area (Å²) in [5.41, 5.74) is 1.35. The van der Waals surface area contributed by atoms with Crippen LogP contribution in [0.1, 0.15) is 15.5 Å². The molecule has 0 spiro atoms. The number of carbonyl (C=O) groups excluding carboxylic acids is 2. The van der Waals surface area contributed by atoms with Crippen molar-refractivity contribution in [2.45, 2.75) is 6.92 Å². The highest BCUT2D eigenvalue weighted by Gasteiger charge is 2.16. The Bertz CT molecular complexity index is 890. The number of carbonyl (C=O) groups is 2. The molecule has 9 heteroatoms. The summed E-state index contributed by atoms with van der Waals surface area (Å²) in [6.07, 6.45) is 0. The molecular weight excluding hydrogens is 340 g/mol. The predicted octanol–water partition coefficient (Wildman–Crippen LogP) is 1.74. The Balaban J connectivity index is 1.65. The van der Waals surface area contributed by atoms with E-state index in [4.69, 9.17) is 0 Å². The number of benzene rings is 1. The summed E-state index contributed by atoms with van der Waals surface area (Å²) in [6, 6.07) is 10.7. The molecule has 1 N–H and O–H groups in total. The summed E-state index contributed by atoms with van der Waals surface area (Å²) in [4.78, 5) is 26.4. The van der Waals surface area contributed by atoms with Crippen LogP contribution < -0.4 is 5.32 Å². The summed E-state index contributed by atoms with van der Waals surface area (Å²) in [7, 11) is 1.60. The Morgan fingerprint density at radius 1 is 1.28 bits per heavy atom. The van der Waals surface area contributed by atoms with Crippen LogP contribution in [0.4, 0.5) is 5.69 Å². The molecule has 0 radical (unpaired) electrons. The third-order valence-electron chi connectivity index (χ3n) is 3.46. The van der Waals surface area contributed by atoms with Gasteiger partial charge in [0, 0.05) is 12.7 Å². The molecule has 0 bridgehead atoms. The van der Waals surface area contributed by atoms with Crippen LogP contribution in [0.5, 0.6) is 0 Å². The molecule has 0 saturated carbocycles. The van der Waals surface area contributed by atoms with E-state index in [0.29, 0.717) is 16.4 Å². The summed E-state index contributed by atoms with van der Waals surface area (Å²) in [6.45, 7) is 1.75. The van der Waals surface area contributed by atoms with E-state index in [9.17, 15) is 9.59 Å². The zero-order valence-corrected chi connectivity index (χ0v) is 14.5. The van der Waals surface area contributed by atoms with E-state index in [1.807, 2.05) is 11.4 Å². The Morgan fingerprint density at radius 3 is 2.80 bits per heavy atom. The Morgan fingerprint density at radius 2 is 2.12 bits per heavy atom. The minimum Gasteiger partial charge on any atom is -0.332 e. The lowest BCUT2D eigenvalue weighted by molar-refractivity contribution is -0.116. The van der Waals surface area contributed by atoms with Gasteiger partial charge in [0.1, 0.15) is 0 Å². The second kappa shape index (κ2) is 7.22. The average Bonchev–Trinajstić information content (AvgIpc) is 3.25. The zero-order valence-electron chi connectivity index (χ0n) is 13.7. The third-order valence-corrected chi connectivity index (χ3v) is 4.32. The maximum atomic E-state index is 12.2. The van der Waals surface area contributed by atoms with E-state index in [-0.39, 0.29) is 18.4 Å². The molecule has 0 aliphatic rings. The standard InChI is InChI=1S/C16H16N6O2S/c1-11-18-19-20-22(11)13-6-3-5-12(9-13)17-15(23)10-21(2)16(24)14-7-4-8-25-14/h3-9H,10H2,1-2H3,(H,17,23). The largest absolute Gasteiger partial charge is 0.332 e. The van der Waals surface area contributed by atoms with Gasteiger partial charge in [0.2, 0.25) is 5.91 Å². The molecule has 3 rings (SSSR count). The van der Waals surface area contributed by atoms with Crippen molar-refractivity contribution in [3.8, 4) is 5.69 Å². The van der Waals surface area contributed by atoms with E-state index in [0.717, 1.165) is 5.69 Å². The number of nitrogens with zero attached hydrogens (tertiary/aromatic N) is 5. The lowest BCUT2D eigenvalue weighted by Gasteiger charge is -2.16. The molecule has 128 valence electrons. The summed E-state index contributed by atoms with van der Waals surface area (Å²) in [5.74, 6) is 0.186. The number of aryl methyl sites for hydroxylation is 1. The van der Waals surface area contributed by atoms with Gasteiger partial charge in [0.05, 0.1) is 17.1 Å². The number of rotatable bonds is 5. The van der Waals surface area contributed by atoms with Crippen molar-refractivity contribution in [2.75, 3.05) is 18.9 Å². The Hall–Kier alpha value is -3.07. The van der Waals surface area contributed by atoms with Gasteiger partial charge in [0.25, 0.3) is 5.91 Å². The van der Waals surface area contributed by atoms with Crippen LogP contribution in [0, 0.1) is 6.92 Å². The van der Waals surface area contributed by atoms with Crippen molar-refractivity contribution in [1.29, 1.82) is 0 Å². The molecule has 8 nitrogen and oxygen atoms in total. The molecule has 0 aliphatic carbocycles. The van der Waals surface area contributed by atoms with Crippen molar-refractivity contribution < 1.29 is 9.59 Å². The van der Waals surface area contributed by atoms with E-state index in [1.165, 1.54) is 16.2 Å². The number of nitrogens with one attached hydrogen (secondary N) is 1. The van der Waals surface area contributed by atoms with Gasteiger partial charge in [-0.2, -0.15) is 4.68 Å². The summed E-state index contributed by atoms with van der Waals surface area (Å²) in [5, 5.41) is 16.0. The molecule has 3 aromatic rings. The number of amides is 2. The molecule has 0 aliphatic heterocycles. The lowest BCUT2D eigenvalue weighted by atomic mass is 10.2. The van der Waals surface area contributed by atoms with E-state index < -0.39 is 0 Å². The Kier molecular flexibility index (Phi) is 4.85. The van der Waals surface area contributed by atoms with Crippen molar-refractivity contribution in [3.05, 3.63) is 52.5 Å². The average molecular weight is 356 g/mol. The highest BCUT2D eigenvalue weighted by Crippen LogP contribution is 2.15. The first-order valence-electron chi connectivity index (χ1n) is 7.49. The highest BCUT2D eigenvalue weighted by atomic mass is 32.1. The van der Waals surface area contributed by atoms with Crippen molar-refractivity contribution in [3.63, 3.8) is 0 Å². The normalized spacial score (nSPS) is 10.5. The predicted molar refractivity (Wildman–Crippen MR) is 93.8 cm³/mol. The van der Waals surface area contributed by atoms with Crippen molar-refractivity contribution >= 4 is 28.8 Å². The fourth-order valence-corrected chi connectivity index (χ4v) is 2.98. The first kappa shape index (κ1) is 16.8. The zero-order chi connectivity index (χ0) is 17.8. The smallest absolute Gasteiger partial charge is 0.264 e. The molecule has 25 heavy (non-hydrogen) atoms. The SMILES string of the molecule is Cc1nnnn1-c1cccc(NC(=O)CN(C)C(=O)c2cccs2)c1. The number of hydrogen-bond donors (Lipinski definition) is 1. The topological polar surface area (TPSA) is 93.0 Å². The van der Waals surface area contributed by atoms with Crippen LogP contribution in [0.25, 0.3) is 5.69 Å². The van der Waals surface area contributed by atoms with Crippen LogP contribution >= 0.6 is 11.3 Å². The van der Waals surface area contributed by atoms with Gasteiger partial charge < -0.3 is 10.2 Å². The molecule has 2 amide bonds. The van der Waals surface area contributed by atoms with Crippen molar-refractivity contribution in [2.24, 2.45) is 0 Å². The first-order valence-corrected chi connectivity index (χ1v) is 8.37. The van der Waals surface area contributed by atoms with Gasteiger partial charge in [-0.3, -0.25) is 9.59 Å². The molecule has 2 aromatic heterocycles. The number of likely N-dealkylation sites (N-methyl/N-ethyl adjacent to an activating group) is 1. The maximum Gasteiger partial charge on any atom is 0.264 e. The number of thiophene rings is 1. The molecule has 1 aromatic carbocycles. The summed E-state index contributed by atoms with van der Waals surface area (Å²) < 4.78 is 1.57. The highest BCUT2D eigenvalue weighted by molar-refractivity contribution is 7.12. The fraction of sp³-hybridized carbons (Fsp3) is 0.188. The fourth-order valence-electron chi connectivity index (χ4n) is 2.26. The van der Waals surface area contributed by atoms with Gasteiger partial charge in [-0.1, -0.05) is 12.1 Å². The van der Waals surface area contributed by atoms with Gasteiger partial charge in [-0.25, -0.2) is 0 Å². The monoisotopic (exact) mass is 356 g/mol. The molecule has 0 unspecified atom stereocenters. The minimum absolute atomic E-state index is 0.0368. The second-order valence-electron chi connectivity index (χ2n) is 5.37. The van der Waals surface area contributed by atoms with Gasteiger partial charge >= 0.3 is 0 Å². The molecule has 2 heterocycles. The van der Waals surface area contributed by atoms with Crippen LogP contribution in [-0.4, -0.2) is 50.5 Å². The number of tetrazole rings is 1. The van der Waals surface area contributed by atoms with Crippen LogP contribution in [-0.2, 0) is 4.79 Å². The van der Waals surface area contributed by atoms with Gasteiger partial charge in [-0.15, -0.1) is 16.4 Å². The summed E-state index contributed by atoms with van der Waals surface area (Å²) >= 11 is 1.35. The number of aromatic nitrogens is 4. The first-order chi connectivity index (χ1) is 12.0. The molecule has 0 saturated heterocycles. The maximum absolute atomic E-state index is 12.2. The molecule has 0 atom stereocenters. The molecular formula is C16H16N6O2S. The van der Waals surface area contributed by atoms with E-state index in [2.05, 4.69) is 20.8 Å². The van der Waals surface area contributed by atoms with Crippen LogP contribution in [0.15, 0.2) is 41.8 Å². The van der Waals surface area contributed by atoms with Gasteiger partial charge in [-0.05, 0) is 47.0 Å². The molecule has 0 fully saturated rings. The van der Waals surface area contributed by atoms with Crippen LogP contribution in [0.2, 0.25) is 0 Å². The van der Waals surface area contributed by atoms with Gasteiger partial charge in [0.15, 0.2) is 5.82 Å². The third kappa shape index (κ3) is 3.89. The second-order valence-corrected chi connectivity index (χ2v) is 6.32. The number of hydrogen-bond acceptors (Lipinski definition) is 6. The minimum atomic E-state index is -0.280. The van der Waals surface area contributed by atoms with E-state index >= 15 is 0 Å². The number of anilines is 1. The van der Waals surface area contributed by atoms with Crippen LogP contribution in [0.3, 0.4) is 0 Å². The lowest BCUT2D eigenvalue weighted by Crippen LogP contribution is -2.34. The van der Waals surface area contributed by atoms with E-state index in [1.54, 1.807) is 49.0 Å². The van der Waals surface area contributed by atoms with Crippen molar-refractivity contribution in [1.82, 2.24) is 25.1 Å². The quantitative estimate of drug-likeness (QED) is 0.752.